The first-order valence-corrected chi connectivity index (χ1v) is 6.88. The van der Waals surface area contributed by atoms with Crippen molar-refractivity contribution in [3.8, 4) is 0 Å². The molecule has 0 amide bonds. The van der Waals surface area contributed by atoms with Gasteiger partial charge in [0.15, 0.2) is 0 Å². The molecule has 0 spiro atoms. The van der Waals surface area contributed by atoms with Crippen LogP contribution in [0.15, 0.2) is 18.2 Å². The number of ether oxygens (including phenoxy) is 1. The molecule has 0 fully saturated rings. The van der Waals surface area contributed by atoms with Gasteiger partial charge in [0.25, 0.3) is 0 Å². The zero-order valence-electron chi connectivity index (χ0n) is 12.4. The first kappa shape index (κ1) is 15.9. The van der Waals surface area contributed by atoms with E-state index in [1.165, 1.54) is 0 Å². The Balaban J connectivity index is 2.92. The highest BCUT2D eigenvalue weighted by Gasteiger charge is 2.14. The number of hydrogen-bond acceptors (Lipinski definition) is 3. The Morgan fingerprint density at radius 2 is 2.05 bits per heavy atom. The van der Waals surface area contributed by atoms with Crippen molar-refractivity contribution in [3.63, 3.8) is 0 Å². The highest BCUT2D eigenvalue weighted by molar-refractivity contribution is 5.50. The molecule has 19 heavy (non-hydrogen) atoms. The van der Waals surface area contributed by atoms with Crippen LogP contribution in [0.5, 0.6) is 0 Å². The first-order chi connectivity index (χ1) is 9.12. The summed E-state index contributed by atoms with van der Waals surface area (Å²) in [6, 6.07) is 5.44. The molecule has 108 valence electrons. The van der Waals surface area contributed by atoms with Crippen LogP contribution in [-0.4, -0.2) is 32.8 Å². The predicted octanol–water partition coefficient (Wildman–Crippen LogP) is 2.80. The molecule has 0 aliphatic heterocycles. The minimum Gasteiger partial charge on any atom is -0.383 e. The van der Waals surface area contributed by atoms with Gasteiger partial charge in [-0.05, 0) is 44.2 Å². The average molecular weight is 268 g/mol. The molecular formula is C15H25FN2O. The molecule has 1 aromatic carbocycles. The molecule has 1 rings (SSSR count). The molecule has 0 heterocycles. The average Bonchev–Trinajstić information content (AvgIpc) is 2.37. The summed E-state index contributed by atoms with van der Waals surface area (Å²) >= 11 is 0. The fraction of sp³-hybridized carbons (Fsp3) is 0.600. The number of rotatable bonds is 8. The zero-order valence-corrected chi connectivity index (χ0v) is 12.4. The molecule has 1 aromatic rings. The van der Waals surface area contributed by atoms with E-state index in [0.29, 0.717) is 13.2 Å². The minimum absolute atomic E-state index is 0.187. The Hall–Kier alpha value is -1.13. The van der Waals surface area contributed by atoms with E-state index in [-0.39, 0.29) is 11.9 Å². The van der Waals surface area contributed by atoms with Crippen molar-refractivity contribution in [1.82, 2.24) is 5.32 Å². The zero-order chi connectivity index (χ0) is 14.3. The van der Waals surface area contributed by atoms with E-state index in [1.54, 1.807) is 19.2 Å². The van der Waals surface area contributed by atoms with Gasteiger partial charge >= 0.3 is 0 Å². The molecule has 0 radical (unpaired) electrons. The van der Waals surface area contributed by atoms with Crippen molar-refractivity contribution in [2.24, 2.45) is 0 Å². The number of benzene rings is 1. The van der Waals surface area contributed by atoms with Crippen LogP contribution in [0.1, 0.15) is 26.3 Å². The summed E-state index contributed by atoms with van der Waals surface area (Å²) in [6.45, 7) is 9.23. The smallest absolute Gasteiger partial charge is 0.125 e. The third kappa shape index (κ3) is 4.80. The molecule has 0 bridgehead atoms. The molecule has 0 aliphatic carbocycles. The standard InChI is InChI=1S/C15H25FN2O/c1-5-17-10-13-7-14(16)9-15(8-13)18(6-2)12(3)11-19-4/h7-9,12,17H,5-6,10-11H2,1-4H3. The Kier molecular flexibility index (Phi) is 6.81. The van der Waals surface area contributed by atoms with E-state index >= 15 is 0 Å². The summed E-state index contributed by atoms with van der Waals surface area (Å²) < 4.78 is 18.9. The van der Waals surface area contributed by atoms with Crippen molar-refractivity contribution in [1.29, 1.82) is 0 Å². The lowest BCUT2D eigenvalue weighted by atomic mass is 10.1. The van der Waals surface area contributed by atoms with Gasteiger partial charge in [-0.3, -0.25) is 0 Å². The highest BCUT2D eigenvalue weighted by Crippen LogP contribution is 2.21. The summed E-state index contributed by atoms with van der Waals surface area (Å²) in [6.07, 6.45) is 0. The fourth-order valence-electron chi connectivity index (χ4n) is 2.25. The number of nitrogens with one attached hydrogen (secondary N) is 1. The number of anilines is 1. The lowest BCUT2D eigenvalue weighted by Crippen LogP contribution is -2.36. The molecule has 1 unspecified atom stereocenters. The van der Waals surface area contributed by atoms with E-state index in [9.17, 15) is 4.39 Å². The Morgan fingerprint density at radius 1 is 1.32 bits per heavy atom. The van der Waals surface area contributed by atoms with Crippen molar-refractivity contribution in [2.45, 2.75) is 33.4 Å². The summed E-state index contributed by atoms with van der Waals surface area (Å²) in [4.78, 5) is 2.15. The predicted molar refractivity (Wildman–Crippen MR) is 78.1 cm³/mol. The largest absolute Gasteiger partial charge is 0.383 e. The van der Waals surface area contributed by atoms with Gasteiger partial charge in [0.05, 0.1) is 6.61 Å². The van der Waals surface area contributed by atoms with Crippen LogP contribution in [0.25, 0.3) is 0 Å². The molecule has 0 aliphatic rings. The van der Waals surface area contributed by atoms with Gasteiger partial charge in [-0.15, -0.1) is 0 Å². The molecule has 4 heteroatoms. The molecule has 1 N–H and O–H groups in total. The highest BCUT2D eigenvalue weighted by atomic mass is 19.1. The second kappa shape index (κ2) is 8.12. The number of methoxy groups -OCH3 is 1. The van der Waals surface area contributed by atoms with Crippen molar-refractivity contribution >= 4 is 5.69 Å². The van der Waals surface area contributed by atoms with Crippen molar-refractivity contribution < 1.29 is 9.13 Å². The van der Waals surface area contributed by atoms with Gasteiger partial charge in [0.1, 0.15) is 5.82 Å². The van der Waals surface area contributed by atoms with Gasteiger partial charge in [0, 0.05) is 31.9 Å². The lowest BCUT2D eigenvalue weighted by Gasteiger charge is -2.30. The summed E-state index contributed by atoms with van der Waals surface area (Å²) in [7, 11) is 1.69. The fourth-order valence-corrected chi connectivity index (χ4v) is 2.25. The Bertz CT molecular complexity index is 384. The molecule has 0 saturated carbocycles. The molecular weight excluding hydrogens is 243 g/mol. The van der Waals surface area contributed by atoms with Crippen LogP contribution >= 0.6 is 0 Å². The van der Waals surface area contributed by atoms with Gasteiger partial charge < -0.3 is 15.0 Å². The molecule has 0 aromatic heterocycles. The minimum atomic E-state index is -0.187. The SMILES string of the molecule is CCNCc1cc(F)cc(N(CC)C(C)COC)c1. The van der Waals surface area contributed by atoms with Crippen LogP contribution in [0.3, 0.4) is 0 Å². The van der Waals surface area contributed by atoms with Gasteiger partial charge in [-0.25, -0.2) is 4.39 Å². The van der Waals surface area contributed by atoms with Crippen LogP contribution < -0.4 is 10.2 Å². The van der Waals surface area contributed by atoms with E-state index in [2.05, 4.69) is 24.1 Å². The summed E-state index contributed by atoms with van der Waals surface area (Å²) in [5.41, 5.74) is 1.89. The van der Waals surface area contributed by atoms with Crippen LogP contribution in [0, 0.1) is 5.82 Å². The van der Waals surface area contributed by atoms with Crippen LogP contribution in [-0.2, 0) is 11.3 Å². The monoisotopic (exact) mass is 268 g/mol. The number of hydrogen-bond donors (Lipinski definition) is 1. The van der Waals surface area contributed by atoms with Crippen molar-refractivity contribution in [2.75, 3.05) is 31.7 Å². The second-order valence-electron chi connectivity index (χ2n) is 4.69. The molecule has 3 nitrogen and oxygen atoms in total. The molecule has 0 saturated heterocycles. The van der Waals surface area contributed by atoms with E-state index < -0.39 is 0 Å². The maximum Gasteiger partial charge on any atom is 0.125 e. The van der Waals surface area contributed by atoms with Gasteiger partial charge in [-0.1, -0.05) is 6.92 Å². The topological polar surface area (TPSA) is 24.5 Å². The van der Waals surface area contributed by atoms with Gasteiger partial charge in [0.2, 0.25) is 0 Å². The van der Waals surface area contributed by atoms with Crippen molar-refractivity contribution in [3.05, 3.63) is 29.6 Å². The van der Waals surface area contributed by atoms with E-state index in [1.807, 2.05) is 13.0 Å². The normalized spacial score (nSPS) is 12.5. The third-order valence-corrected chi connectivity index (χ3v) is 3.13. The Morgan fingerprint density at radius 3 is 2.63 bits per heavy atom. The third-order valence-electron chi connectivity index (χ3n) is 3.13. The quantitative estimate of drug-likeness (QED) is 0.784. The second-order valence-corrected chi connectivity index (χ2v) is 4.69. The van der Waals surface area contributed by atoms with Crippen LogP contribution in [0.4, 0.5) is 10.1 Å². The maximum absolute atomic E-state index is 13.7. The summed E-state index contributed by atoms with van der Waals surface area (Å²) in [5.74, 6) is -0.187. The van der Waals surface area contributed by atoms with E-state index in [0.717, 1.165) is 24.3 Å². The lowest BCUT2D eigenvalue weighted by molar-refractivity contribution is 0.182. The van der Waals surface area contributed by atoms with E-state index in [4.69, 9.17) is 4.74 Å². The van der Waals surface area contributed by atoms with Crippen LogP contribution in [0.2, 0.25) is 0 Å². The number of nitrogens with zero attached hydrogens (tertiary/aromatic N) is 1. The number of halogens is 1. The summed E-state index contributed by atoms with van der Waals surface area (Å²) in [5, 5.41) is 3.22. The maximum atomic E-state index is 13.7. The number of likely N-dealkylation sites (N-methyl/N-ethyl adjacent to an activating group) is 1. The first-order valence-electron chi connectivity index (χ1n) is 6.88. The molecule has 1 atom stereocenters. The Labute approximate surface area is 115 Å². The van der Waals surface area contributed by atoms with Gasteiger partial charge in [-0.2, -0.15) is 0 Å².